The van der Waals surface area contributed by atoms with Crippen LogP contribution in [0.2, 0.25) is 0 Å². The quantitative estimate of drug-likeness (QED) is 0.638. The van der Waals surface area contributed by atoms with Crippen LogP contribution in [-0.4, -0.2) is 23.0 Å². The van der Waals surface area contributed by atoms with Crippen LogP contribution in [0.25, 0.3) is 0 Å². The van der Waals surface area contributed by atoms with E-state index < -0.39 is 0 Å². The molecule has 1 aromatic heterocycles. The first-order valence-electron chi connectivity index (χ1n) is 5.18. The highest BCUT2D eigenvalue weighted by atomic mass is 79.9. The number of nitrogens with zero attached hydrogens (tertiary/aromatic N) is 1. The third-order valence-corrected chi connectivity index (χ3v) is 3.46. The van der Waals surface area contributed by atoms with Gasteiger partial charge in [0.15, 0.2) is 0 Å². The minimum Gasteiger partial charge on any atom is -0.384 e. The van der Waals surface area contributed by atoms with Gasteiger partial charge in [0.05, 0.1) is 11.4 Å². The summed E-state index contributed by atoms with van der Waals surface area (Å²) in [6, 6.07) is 4.04. The van der Waals surface area contributed by atoms with Crippen molar-refractivity contribution >= 4 is 33.4 Å². The van der Waals surface area contributed by atoms with Crippen LogP contribution in [0, 0.1) is 6.92 Å². The highest BCUT2D eigenvalue weighted by molar-refractivity contribution is 9.10. The zero-order valence-corrected chi connectivity index (χ0v) is 11.6. The molecule has 1 heterocycles. The molecule has 1 N–H and O–H groups in total. The molecular weight excluding hydrogens is 272 g/mol. The van der Waals surface area contributed by atoms with E-state index in [-0.39, 0.29) is 0 Å². The van der Waals surface area contributed by atoms with Crippen molar-refractivity contribution in [2.45, 2.75) is 20.3 Å². The second-order valence-corrected chi connectivity index (χ2v) is 5.45. The van der Waals surface area contributed by atoms with Crippen molar-refractivity contribution in [3.05, 3.63) is 22.4 Å². The fourth-order valence-electron chi connectivity index (χ4n) is 1.26. The van der Waals surface area contributed by atoms with Gasteiger partial charge in [0.1, 0.15) is 4.60 Å². The van der Waals surface area contributed by atoms with Gasteiger partial charge in [-0.05, 0) is 52.9 Å². The number of halogens is 1. The second-order valence-electron chi connectivity index (χ2n) is 3.24. The highest BCUT2D eigenvalue weighted by Crippen LogP contribution is 2.16. The van der Waals surface area contributed by atoms with E-state index in [1.54, 1.807) is 0 Å². The fourth-order valence-corrected chi connectivity index (χ4v) is 2.29. The molecule has 0 fully saturated rings. The molecule has 0 saturated heterocycles. The molecule has 0 radical (unpaired) electrons. The van der Waals surface area contributed by atoms with Crippen molar-refractivity contribution in [1.29, 1.82) is 0 Å². The third-order valence-electron chi connectivity index (χ3n) is 2.04. The molecule has 0 atom stereocenters. The maximum Gasteiger partial charge on any atom is 0.106 e. The number of aryl methyl sites for hydroxylation is 1. The molecule has 0 saturated carbocycles. The summed E-state index contributed by atoms with van der Waals surface area (Å²) in [5.41, 5.74) is 2.19. The van der Waals surface area contributed by atoms with Gasteiger partial charge in [0.25, 0.3) is 0 Å². The predicted molar refractivity (Wildman–Crippen MR) is 72.8 cm³/mol. The molecule has 84 valence electrons. The lowest BCUT2D eigenvalue weighted by Crippen LogP contribution is -2.04. The molecule has 1 rings (SSSR count). The molecule has 15 heavy (non-hydrogen) atoms. The molecule has 0 aliphatic carbocycles. The summed E-state index contributed by atoms with van der Waals surface area (Å²) < 4.78 is 0.895. The van der Waals surface area contributed by atoms with Gasteiger partial charge < -0.3 is 5.32 Å². The van der Waals surface area contributed by atoms with E-state index >= 15 is 0 Å². The van der Waals surface area contributed by atoms with Crippen LogP contribution in [0.5, 0.6) is 0 Å². The Hall–Kier alpha value is -0.220. The number of nitrogens with one attached hydrogen (secondary N) is 1. The van der Waals surface area contributed by atoms with Crippen LogP contribution in [0.15, 0.2) is 16.7 Å². The molecule has 4 heteroatoms. The predicted octanol–water partition coefficient (Wildman–Crippen LogP) is 3.71. The summed E-state index contributed by atoms with van der Waals surface area (Å²) in [5, 5.41) is 3.40. The molecule has 2 nitrogen and oxygen atoms in total. The molecule has 0 aliphatic rings. The molecule has 0 spiro atoms. The first-order valence-corrected chi connectivity index (χ1v) is 7.13. The lowest BCUT2D eigenvalue weighted by molar-refractivity contribution is 0.983. The van der Waals surface area contributed by atoms with E-state index in [2.05, 4.69) is 39.2 Å². The monoisotopic (exact) mass is 288 g/mol. The highest BCUT2D eigenvalue weighted by Gasteiger charge is 1.98. The van der Waals surface area contributed by atoms with Crippen molar-refractivity contribution in [2.24, 2.45) is 0 Å². The Morgan fingerprint density at radius 2 is 2.27 bits per heavy atom. The number of thioether (sulfide) groups is 1. The Bertz CT molecular complexity index is 305. The largest absolute Gasteiger partial charge is 0.384 e. The lowest BCUT2D eigenvalue weighted by atomic mass is 10.3. The van der Waals surface area contributed by atoms with E-state index in [4.69, 9.17) is 0 Å². The van der Waals surface area contributed by atoms with Crippen molar-refractivity contribution in [3.8, 4) is 0 Å². The van der Waals surface area contributed by atoms with Crippen molar-refractivity contribution < 1.29 is 0 Å². The summed E-state index contributed by atoms with van der Waals surface area (Å²) in [7, 11) is 0. The molecule has 0 aromatic carbocycles. The van der Waals surface area contributed by atoms with Crippen LogP contribution >= 0.6 is 27.7 Å². The molecule has 0 unspecified atom stereocenters. The Kier molecular flexibility index (Phi) is 6.10. The van der Waals surface area contributed by atoms with E-state index in [1.807, 2.05) is 24.8 Å². The van der Waals surface area contributed by atoms with E-state index in [0.29, 0.717) is 0 Å². The Balaban J connectivity index is 2.31. The van der Waals surface area contributed by atoms with Gasteiger partial charge >= 0.3 is 0 Å². The molecule has 0 bridgehead atoms. The van der Waals surface area contributed by atoms with Crippen LogP contribution in [0.4, 0.5) is 5.69 Å². The summed E-state index contributed by atoms with van der Waals surface area (Å²) >= 11 is 5.34. The average Bonchev–Trinajstić information content (AvgIpc) is 2.20. The minimum absolute atomic E-state index is 0.895. The van der Waals surface area contributed by atoms with Gasteiger partial charge in [-0.15, -0.1) is 0 Å². The maximum atomic E-state index is 4.34. The van der Waals surface area contributed by atoms with Crippen molar-refractivity contribution in [3.63, 3.8) is 0 Å². The SMILES string of the molecule is CCSCCCNc1ccc(Br)nc1C. The summed E-state index contributed by atoms with van der Waals surface area (Å²) in [6.45, 7) is 5.24. The molecule has 0 amide bonds. The van der Waals surface area contributed by atoms with Gasteiger partial charge in [0, 0.05) is 6.54 Å². The van der Waals surface area contributed by atoms with E-state index in [1.165, 1.54) is 17.9 Å². The first-order chi connectivity index (χ1) is 7.24. The van der Waals surface area contributed by atoms with Crippen LogP contribution in [-0.2, 0) is 0 Å². The Labute approximate surface area is 104 Å². The zero-order chi connectivity index (χ0) is 11.1. The van der Waals surface area contributed by atoms with Gasteiger partial charge in [-0.2, -0.15) is 11.8 Å². The lowest BCUT2D eigenvalue weighted by Gasteiger charge is -2.08. The number of anilines is 1. The Morgan fingerprint density at radius 3 is 2.93 bits per heavy atom. The summed E-state index contributed by atoms with van der Waals surface area (Å²) in [5.74, 6) is 2.44. The van der Waals surface area contributed by atoms with Crippen molar-refractivity contribution in [2.75, 3.05) is 23.4 Å². The minimum atomic E-state index is 0.895. The summed E-state index contributed by atoms with van der Waals surface area (Å²) in [4.78, 5) is 4.34. The number of rotatable bonds is 6. The standard InChI is InChI=1S/C11H17BrN2S/c1-3-15-8-4-7-13-10-5-6-11(12)14-9(10)2/h5-6,13H,3-4,7-8H2,1-2H3. The zero-order valence-electron chi connectivity index (χ0n) is 9.22. The second kappa shape index (κ2) is 7.12. The smallest absolute Gasteiger partial charge is 0.106 e. The number of pyridine rings is 1. The number of aromatic nitrogens is 1. The van der Waals surface area contributed by atoms with Gasteiger partial charge in [-0.1, -0.05) is 6.92 Å². The van der Waals surface area contributed by atoms with Gasteiger partial charge in [-0.3, -0.25) is 0 Å². The topological polar surface area (TPSA) is 24.9 Å². The summed E-state index contributed by atoms with van der Waals surface area (Å²) in [6.07, 6.45) is 1.20. The van der Waals surface area contributed by atoms with Crippen molar-refractivity contribution in [1.82, 2.24) is 4.98 Å². The molecule has 1 aromatic rings. The van der Waals surface area contributed by atoms with Crippen LogP contribution in [0.1, 0.15) is 19.0 Å². The van der Waals surface area contributed by atoms with E-state index in [0.717, 1.165) is 22.5 Å². The van der Waals surface area contributed by atoms with Gasteiger partial charge in [0.2, 0.25) is 0 Å². The van der Waals surface area contributed by atoms with Crippen LogP contribution < -0.4 is 5.32 Å². The van der Waals surface area contributed by atoms with Gasteiger partial charge in [-0.25, -0.2) is 4.98 Å². The first kappa shape index (κ1) is 12.8. The molecule has 0 aliphatic heterocycles. The number of hydrogen-bond donors (Lipinski definition) is 1. The maximum absolute atomic E-state index is 4.34. The fraction of sp³-hybridized carbons (Fsp3) is 0.545. The molecular formula is C11H17BrN2S. The third kappa shape index (κ3) is 4.89. The number of hydrogen-bond acceptors (Lipinski definition) is 3. The normalized spacial score (nSPS) is 10.3. The average molecular weight is 289 g/mol. The van der Waals surface area contributed by atoms with E-state index in [9.17, 15) is 0 Å². The Morgan fingerprint density at radius 1 is 1.47 bits per heavy atom. The van der Waals surface area contributed by atoms with Crippen LogP contribution in [0.3, 0.4) is 0 Å².